The number of hydroxylamine groups is 1. The van der Waals surface area contributed by atoms with Gasteiger partial charge in [-0.25, -0.2) is 5.48 Å². The lowest BCUT2D eigenvalue weighted by molar-refractivity contribution is -0.184. The molecule has 2 unspecified atom stereocenters. The molecule has 7 nitrogen and oxygen atoms in total. The maximum absolute atomic E-state index is 14.3. The Labute approximate surface area is 207 Å². The number of alkyl halides is 9. The van der Waals surface area contributed by atoms with Gasteiger partial charge < -0.3 is 5.32 Å². The topological polar surface area (TPSA) is 92.7 Å². The van der Waals surface area contributed by atoms with Crippen LogP contribution in [0.2, 0.25) is 0 Å². The second-order valence-corrected chi connectivity index (χ2v) is 8.55. The summed E-state index contributed by atoms with van der Waals surface area (Å²) in [5, 5.41) is 2.34. The average Bonchev–Trinajstić information content (AvgIpc) is 3.45. The molecule has 2 aliphatic heterocycles. The minimum atomic E-state index is -5.34. The predicted octanol–water partition coefficient (Wildman–Crippen LogP) is 3.97. The second-order valence-electron chi connectivity index (χ2n) is 8.55. The van der Waals surface area contributed by atoms with E-state index in [1.807, 2.05) is 5.48 Å². The lowest BCUT2D eigenvalue weighted by Gasteiger charge is -2.32. The smallest absolute Gasteiger partial charge is 0.338 e. The van der Waals surface area contributed by atoms with Gasteiger partial charge in [-0.2, -0.15) is 39.5 Å². The number of halogens is 9. The third kappa shape index (κ3) is 5.16. The molecule has 1 fully saturated rings. The zero-order valence-electron chi connectivity index (χ0n) is 18.7. The number of rotatable bonds is 4. The first-order valence-corrected chi connectivity index (χ1v) is 10.6. The highest BCUT2D eigenvalue weighted by atomic mass is 19.4. The fraction of sp³-hybridized carbons (Fsp3) is 0.364. The third-order valence-corrected chi connectivity index (χ3v) is 6.06. The van der Waals surface area contributed by atoms with Gasteiger partial charge in [0, 0.05) is 12.6 Å². The van der Waals surface area contributed by atoms with Gasteiger partial charge in [-0.05, 0) is 35.9 Å². The average molecular weight is 554 g/mol. The molecule has 2 atom stereocenters. The van der Waals surface area contributed by atoms with Gasteiger partial charge in [-0.15, -0.1) is 0 Å². The van der Waals surface area contributed by atoms with Gasteiger partial charge in [0.1, 0.15) is 18.1 Å². The number of pyridine rings is 1. The molecule has 0 saturated carbocycles. The van der Waals surface area contributed by atoms with Gasteiger partial charge in [0.25, 0.3) is 11.8 Å². The molecule has 4 rings (SSSR count). The summed E-state index contributed by atoms with van der Waals surface area (Å²) < 4.78 is 123. The number of benzene rings is 1. The van der Waals surface area contributed by atoms with E-state index in [1.165, 1.54) is 0 Å². The quantitative estimate of drug-likeness (QED) is 0.560. The van der Waals surface area contributed by atoms with E-state index in [0.717, 1.165) is 18.3 Å². The lowest BCUT2D eigenvalue weighted by Crippen LogP contribution is -2.44. The van der Waals surface area contributed by atoms with E-state index in [0.29, 0.717) is 0 Å². The first-order chi connectivity index (χ1) is 17.5. The molecule has 0 aliphatic carbocycles. The number of amides is 2. The molecule has 1 saturated heterocycles. The summed E-state index contributed by atoms with van der Waals surface area (Å²) in [6, 6.07) is 1.14. The van der Waals surface area contributed by atoms with E-state index in [9.17, 15) is 49.1 Å². The van der Waals surface area contributed by atoms with Crippen molar-refractivity contribution in [1.82, 2.24) is 15.8 Å². The Hall–Kier alpha value is -3.69. The van der Waals surface area contributed by atoms with Crippen molar-refractivity contribution in [2.45, 2.75) is 36.4 Å². The van der Waals surface area contributed by atoms with Gasteiger partial charge in [0.05, 0.1) is 34.6 Å². The standard InChI is InChI=1S/C22H15F9N4O3/c23-20(24,25)12-3-11(4-13(5-12)21(26,27)28)19(22(29,30)31)6-15(33-9-19)14-2-1-10(7-32-14)17(36)34-16-8-38-35-18(16)37/h1-5,7,16H,6,8-9H2,(H,34,36)(H,35,37). The molecule has 1 aromatic carbocycles. The van der Waals surface area contributed by atoms with Gasteiger partial charge in [-0.1, -0.05) is 0 Å². The van der Waals surface area contributed by atoms with Crippen LogP contribution in [-0.2, 0) is 27.4 Å². The maximum Gasteiger partial charge on any atom is 0.416 e. The first-order valence-electron chi connectivity index (χ1n) is 10.6. The van der Waals surface area contributed by atoms with Gasteiger partial charge in [0.2, 0.25) is 0 Å². The number of aromatic nitrogens is 1. The summed E-state index contributed by atoms with van der Waals surface area (Å²) in [6.07, 6.45) is -16.1. The number of hydrogen-bond donors (Lipinski definition) is 2. The Morgan fingerprint density at radius 2 is 1.63 bits per heavy atom. The molecule has 3 heterocycles. The van der Waals surface area contributed by atoms with Crippen LogP contribution >= 0.6 is 0 Å². The number of hydrogen-bond acceptors (Lipinski definition) is 5. The van der Waals surface area contributed by atoms with Crippen LogP contribution in [0.1, 0.15) is 39.2 Å². The largest absolute Gasteiger partial charge is 0.416 e. The van der Waals surface area contributed by atoms with Crippen LogP contribution in [0, 0.1) is 0 Å². The Kier molecular flexibility index (Phi) is 6.66. The molecule has 2 amide bonds. The highest BCUT2D eigenvalue weighted by Gasteiger charge is 2.59. The SMILES string of the molecule is O=C(NC1CONC1=O)c1ccc(C2=NCC(c3cc(C(F)(F)F)cc(C(F)(F)F)c3)(C(F)(F)F)C2)nc1. The van der Waals surface area contributed by atoms with Crippen LogP contribution in [0.5, 0.6) is 0 Å². The Morgan fingerprint density at radius 3 is 2.11 bits per heavy atom. The van der Waals surface area contributed by atoms with Gasteiger partial charge in [0.15, 0.2) is 0 Å². The number of carbonyl (C=O) groups is 2. The Balaban J connectivity index is 1.64. The van der Waals surface area contributed by atoms with Gasteiger partial charge >= 0.3 is 18.5 Å². The molecule has 0 bridgehead atoms. The summed E-state index contributed by atoms with van der Waals surface area (Å²) in [5.74, 6) is -1.36. The van der Waals surface area contributed by atoms with E-state index in [4.69, 9.17) is 0 Å². The van der Waals surface area contributed by atoms with E-state index in [-0.39, 0.29) is 41.8 Å². The Morgan fingerprint density at radius 1 is 1.00 bits per heavy atom. The molecule has 0 radical (unpaired) electrons. The zero-order valence-corrected chi connectivity index (χ0v) is 18.7. The third-order valence-electron chi connectivity index (χ3n) is 6.06. The van der Waals surface area contributed by atoms with Crippen molar-refractivity contribution >= 4 is 17.5 Å². The normalized spacial score (nSPS) is 22.3. The van der Waals surface area contributed by atoms with Crippen molar-refractivity contribution < 1.29 is 53.9 Å². The fourth-order valence-electron chi connectivity index (χ4n) is 3.97. The molecular formula is C22H15F9N4O3. The highest BCUT2D eigenvalue weighted by molar-refractivity contribution is 6.02. The van der Waals surface area contributed by atoms with Crippen molar-refractivity contribution in [2.24, 2.45) is 4.99 Å². The van der Waals surface area contributed by atoms with Crippen molar-refractivity contribution in [1.29, 1.82) is 0 Å². The molecule has 1 aromatic heterocycles. The van der Waals surface area contributed by atoms with Crippen molar-refractivity contribution in [3.05, 3.63) is 64.5 Å². The molecule has 2 aliphatic rings. The summed E-state index contributed by atoms with van der Waals surface area (Å²) >= 11 is 0. The molecule has 204 valence electrons. The monoisotopic (exact) mass is 554 g/mol. The number of carbonyl (C=O) groups excluding carboxylic acids is 2. The van der Waals surface area contributed by atoms with Crippen LogP contribution in [0.15, 0.2) is 41.5 Å². The molecule has 16 heteroatoms. The molecule has 38 heavy (non-hydrogen) atoms. The highest BCUT2D eigenvalue weighted by Crippen LogP contribution is 2.50. The van der Waals surface area contributed by atoms with Crippen LogP contribution in [0.3, 0.4) is 0 Å². The molecule has 0 spiro atoms. The van der Waals surface area contributed by atoms with Crippen molar-refractivity contribution in [3.63, 3.8) is 0 Å². The van der Waals surface area contributed by atoms with Crippen LogP contribution in [-0.4, -0.2) is 47.9 Å². The summed E-state index contributed by atoms with van der Waals surface area (Å²) in [4.78, 5) is 36.1. The molecule has 2 aromatic rings. The first kappa shape index (κ1) is 27.3. The fourth-order valence-corrected chi connectivity index (χ4v) is 3.97. The van der Waals surface area contributed by atoms with Crippen LogP contribution in [0.25, 0.3) is 0 Å². The maximum atomic E-state index is 14.3. The predicted molar refractivity (Wildman–Crippen MR) is 110 cm³/mol. The van der Waals surface area contributed by atoms with E-state index in [2.05, 4.69) is 20.1 Å². The summed E-state index contributed by atoms with van der Waals surface area (Å²) in [7, 11) is 0. The zero-order chi connectivity index (χ0) is 28.1. The summed E-state index contributed by atoms with van der Waals surface area (Å²) in [5.41, 5.74) is -6.73. The number of aliphatic imine (C=N–C) groups is 1. The van der Waals surface area contributed by atoms with Gasteiger partial charge in [-0.3, -0.25) is 24.4 Å². The van der Waals surface area contributed by atoms with Crippen molar-refractivity contribution in [2.75, 3.05) is 13.2 Å². The number of nitrogens with zero attached hydrogens (tertiary/aromatic N) is 2. The minimum absolute atomic E-state index is 0.0466. The van der Waals surface area contributed by atoms with E-state index < -0.39 is 71.5 Å². The van der Waals surface area contributed by atoms with E-state index in [1.54, 1.807) is 0 Å². The Bertz CT molecular complexity index is 1250. The number of nitrogens with one attached hydrogen (secondary N) is 2. The van der Waals surface area contributed by atoms with Crippen LogP contribution < -0.4 is 10.8 Å². The van der Waals surface area contributed by atoms with E-state index >= 15 is 0 Å². The summed E-state index contributed by atoms with van der Waals surface area (Å²) in [6.45, 7) is -1.32. The molecular weight excluding hydrogens is 539 g/mol. The van der Waals surface area contributed by atoms with Crippen molar-refractivity contribution in [3.8, 4) is 0 Å². The lowest BCUT2D eigenvalue weighted by atomic mass is 9.76. The van der Waals surface area contributed by atoms with Crippen LogP contribution in [0.4, 0.5) is 39.5 Å². The minimum Gasteiger partial charge on any atom is -0.338 e. The second kappa shape index (κ2) is 9.25. The molecule has 2 N–H and O–H groups in total.